The SMILES string of the molecule is O=C(Cc1ccccn1)NCc1ccco1. The van der Waals surface area contributed by atoms with Gasteiger partial charge in [0.05, 0.1) is 19.2 Å². The highest BCUT2D eigenvalue weighted by Gasteiger charge is 2.04. The minimum absolute atomic E-state index is 0.0601. The predicted octanol–water partition coefficient (Wildman–Crippen LogP) is 1.53. The van der Waals surface area contributed by atoms with E-state index < -0.39 is 0 Å². The Morgan fingerprint density at radius 1 is 1.31 bits per heavy atom. The van der Waals surface area contributed by atoms with Crippen molar-refractivity contribution in [2.45, 2.75) is 13.0 Å². The van der Waals surface area contributed by atoms with Crippen LogP contribution in [0.25, 0.3) is 0 Å². The number of amides is 1. The second-order valence-electron chi connectivity index (χ2n) is 3.35. The summed E-state index contributed by atoms with van der Waals surface area (Å²) in [5.41, 5.74) is 0.763. The van der Waals surface area contributed by atoms with Crippen LogP contribution in [0.3, 0.4) is 0 Å². The number of hydrogen-bond acceptors (Lipinski definition) is 3. The topological polar surface area (TPSA) is 55.1 Å². The first-order chi connectivity index (χ1) is 7.84. The smallest absolute Gasteiger partial charge is 0.226 e. The summed E-state index contributed by atoms with van der Waals surface area (Å²) in [4.78, 5) is 15.6. The Hall–Kier alpha value is -2.10. The van der Waals surface area contributed by atoms with Gasteiger partial charge in [-0.3, -0.25) is 9.78 Å². The van der Waals surface area contributed by atoms with E-state index in [9.17, 15) is 4.79 Å². The Balaban J connectivity index is 1.81. The molecule has 0 saturated heterocycles. The van der Waals surface area contributed by atoms with Crippen LogP contribution >= 0.6 is 0 Å². The molecule has 4 heteroatoms. The zero-order chi connectivity index (χ0) is 11.2. The number of nitrogens with zero attached hydrogens (tertiary/aromatic N) is 1. The van der Waals surface area contributed by atoms with Gasteiger partial charge in [0, 0.05) is 11.9 Å². The minimum atomic E-state index is -0.0601. The molecule has 1 amide bonds. The molecule has 2 aromatic rings. The van der Waals surface area contributed by atoms with Crippen LogP contribution in [-0.4, -0.2) is 10.9 Å². The van der Waals surface area contributed by atoms with E-state index in [1.54, 1.807) is 18.5 Å². The van der Waals surface area contributed by atoms with Crippen molar-refractivity contribution in [2.75, 3.05) is 0 Å². The van der Waals surface area contributed by atoms with E-state index in [2.05, 4.69) is 10.3 Å². The van der Waals surface area contributed by atoms with Crippen LogP contribution in [0.4, 0.5) is 0 Å². The highest BCUT2D eigenvalue weighted by molar-refractivity contribution is 5.77. The van der Waals surface area contributed by atoms with Gasteiger partial charge >= 0.3 is 0 Å². The molecule has 0 aromatic carbocycles. The molecule has 1 N–H and O–H groups in total. The fraction of sp³-hybridized carbons (Fsp3) is 0.167. The fourth-order valence-corrected chi connectivity index (χ4v) is 1.33. The molecule has 0 aliphatic rings. The lowest BCUT2D eigenvalue weighted by Gasteiger charge is -2.02. The monoisotopic (exact) mass is 216 g/mol. The van der Waals surface area contributed by atoms with Crippen LogP contribution in [0.2, 0.25) is 0 Å². The number of rotatable bonds is 4. The largest absolute Gasteiger partial charge is 0.467 e. The molecule has 16 heavy (non-hydrogen) atoms. The average Bonchev–Trinajstić information content (AvgIpc) is 2.81. The molecular weight excluding hydrogens is 204 g/mol. The van der Waals surface area contributed by atoms with Crippen molar-refractivity contribution in [3.8, 4) is 0 Å². The molecule has 0 aliphatic carbocycles. The maximum absolute atomic E-state index is 11.5. The van der Waals surface area contributed by atoms with Crippen LogP contribution < -0.4 is 5.32 Å². The standard InChI is InChI=1S/C12H12N2O2/c15-12(8-10-4-1-2-6-13-10)14-9-11-5-3-7-16-11/h1-7H,8-9H2,(H,14,15). The van der Waals surface area contributed by atoms with Crippen molar-refractivity contribution in [1.29, 1.82) is 0 Å². The summed E-state index contributed by atoms with van der Waals surface area (Å²) in [5.74, 6) is 0.685. The van der Waals surface area contributed by atoms with Gasteiger partial charge in [0.1, 0.15) is 5.76 Å². The van der Waals surface area contributed by atoms with E-state index in [0.29, 0.717) is 13.0 Å². The predicted molar refractivity (Wildman–Crippen MR) is 58.5 cm³/mol. The van der Waals surface area contributed by atoms with Gasteiger partial charge in [-0.15, -0.1) is 0 Å². The summed E-state index contributed by atoms with van der Waals surface area (Å²) in [6.07, 6.45) is 3.55. The lowest BCUT2D eigenvalue weighted by Crippen LogP contribution is -2.24. The summed E-state index contributed by atoms with van der Waals surface area (Å²) in [5, 5.41) is 2.76. The van der Waals surface area contributed by atoms with Crippen molar-refractivity contribution >= 4 is 5.91 Å². The van der Waals surface area contributed by atoms with E-state index in [-0.39, 0.29) is 5.91 Å². The first-order valence-electron chi connectivity index (χ1n) is 5.03. The second-order valence-corrected chi connectivity index (χ2v) is 3.35. The third-order valence-electron chi connectivity index (χ3n) is 2.11. The summed E-state index contributed by atoms with van der Waals surface area (Å²) in [6, 6.07) is 9.13. The first kappa shape index (κ1) is 10.4. The number of pyridine rings is 1. The first-order valence-corrected chi connectivity index (χ1v) is 5.03. The number of aromatic nitrogens is 1. The molecule has 82 valence electrons. The molecular formula is C12H12N2O2. The van der Waals surface area contributed by atoms with Crippen molar-refractivity contribution in [2.24, 2.45) is 0 Å². The summed E-state index contributed by atoms with van der Waals surface area (Å²) in [6.45, 7) is 0.415. The van der Waals surface area contributed by atoms with Gasteiger partial charge < -0.3 is 9.73 Å². The van der Waals surface area contributed by atoms with Crippen LogP contribution in [0.15, 0.2) is 47.2 Å². The number of furan rings is 1. The Morgan fingerprint density at radius 3 is 2.94 bits per heavy atom. The maximum atomic E-state index is 11.5. The third kappa shape index (κ3) is 2.95. The van der Waals surface area contributed by atoms with Crippen LogP contribution in [-0.2, 0) is 17.8 Å². The van der Waals surface area contributed by atoms with Gasteiger partial charge in [0.2, 0.25) is 5.91 Å². The summed E-state index contributed by atoms with van der Waals surface area (Å²) < 4.78 is 5.10. The molecule has 0 unspecified atom stereocenters. The molecule has 0 atom stereocenters. The third-order valence-corrected chi connectivity index (χ3v) is 2.11. The minimum Gasteiger partial charge on any atom is -0.467 e. The molecule has 0 fully saturated rings. The number of hydrogen-bond donors (Lipinski definition) is 1. The van der Waals surface area contributed by atoms with E-state index in [0.717, 1.165) is 11.5 Å². The second kappa shape index (κ2) is 5.11. The fourth-order valence-electron chi connectivity index (χ4n) is 1.33. The van der Waals surface area contributed by atoms with Gasteiger partial charge in [-0.25, -0.2) is 0 Å². The van der Waals surface area contributed by atoms with Crippen molar-refractivity contribution in [3.63, 3.8) is 0 Å². The molecule has 0 spiro atoms. The Morgan fingerprint density at radius 2 is 2.25 bits per heavy atom. The number of carbonyl (C=O) groups is 1. The van der Waals surface area contributed by atoms with Crippen LogP contribution in [0.1, 0.15) is 11.5 Å². The molecule has 0 aliphatic heterocycles. The molecule has 0 radical (unpaired) electrons. The Labute approximate surface area is 93.3 Å². The lowest BCUT2D eigenvalue weighted by atomic mass is 10.2. The molecule has 2 rings (SSSR count). The van der Waals surface area contributed by atoms with Gasteiger partial charge in [-0.05, 0) is 24.3 Å². The van der Waals surface area contributed by atoms with E-state index in [1.165, 1.54) is 0 Å². The highest BCUT2D eigenvalue weighted by atomic mass is 16.3. The van der Waals surface area contributed by atoms with Crippen molar-refractivity contribution in [3.05, 3.63) is 54.2 Å². The van der Waals surface area contributed by atoms with Crippen molar-refractivity contribution in [1.82, 2.24) is 10.3 Å². The Bertz CT molecular complexity index is 437. The van der Waals surface area contributed by atoms with E-state index >= 15 is 0 Å². The Kier molecular flexibility index (Phi) is 3.33. The van der Waals surface area contributed by atoms with Crippen molar-refractivity contribution < 1.29 is 9.21 Å². The summed E-state index contributed by atoms with van der Waals surface area (Å²) >= 11 is 0. The quantitative estimate of drug-likeness (QED) is 0.843. The highest BCUT2D eigenvalue weighted by Crippen LogP contribution is 1.99. The number of nitrogens with one attached hydrogen (secondary N) is 1. The maximum Gasteiger partial charge on any atom is 0.226 e. The van der Waals surface area contributed by atoms with Crippen LogP contribution in [0, 0.1) is 0 Å². The van der Waals surface area contributed by atoms with Gasteiger partial charge in [0.15, 0.2) is 0 Å². The number of carbonyl (C=O) groups excluding carboxylic acids is 1. The molecule has 0 saturated carbocycles. The lowest BCUT2D eigenvalue weighted by molar-refractivity contribution is -0.120. The zero-order valence-electron chi connectivity index (χ0n) is 8.72. The van der Waals surface area contributed by atoms with E-state index in [1.807, 2.05) is 24.3 Å². The molecule has 4 nitrogen and oxygen atoms in total. The molecule has 2 heterocycles. The van der Waals surface area contributed by atoms with Gasteiger partial charge in [-0.1, -0.05) is 6.07 Å². The van der Waals surface area contributed by atoms with Gasteiger partial charge in [0.25, 0.3) is 0 Å². The zero-order valence-corrected chi connectivity index (χ0v) is 8.72. The molecule has 0 bridgehead atoms. The molecule has 2 aromatic heterocycles. The summed E-state index contributed by atoms with van der Waals surface area (Å²) in [7, 11) is 0. The normalized spacial score (nSPS) is 10.0. The van der Waals surface area contributed by atoms with E-state index in [4.69, 9.17) is 4.42 Å². The average molecular weight is 216 g/mol. The van der Waals surface area contributed by atoms with Crippen LogP contribution in [0.5, 0.6) is 0 Å². The van der Waals surface area contributed by atoms with Gasteiger partial charge in [-0.2, -0.15) is 0 Å².